The van der Waals surface area contributed by atoms with E-state index >= 15 is 0 Å². The molecule has 0 radical (unpaired) electrons. The highest BCUT2D eigenvalue weighted by Gasteiger charge is 2.20. The summed E-state index contributed by atoms with van der Waals surface area (Å²) in [5.74, 6) is 0. The van der Waals surface area contributed by atoms with Crippen LogP contribution in [0, 0.1) is 6.92 Å². The normalized spacial score (nSPS) is 14.0. The topological polar surface area (TPSA) is 17.0 Å². The molecule has 0 unspecified atom stereocenters. The number of para-hydroxylation sites is 1. The van der Waals surface area contributed by atoms with Crippen molar-refractivity contribution in [3.05, 3.63) is 35.0 Å². The summed E-state index contributed by atoms with van der Waals surface area (Å²) in [6.45, 7) is 4.36. The van der Waals surface area contributed by atoms with Gasteiger partial charge in [0, 0.05) is 24.2 Å². The van der Waals surface area contributed by atoms with Gasteiger partial charge in [-0.05, 0) is 31.5 Å². The summed E-state index contributed by atoms with van der Waals surface area (Å²) in [6.07, 6.45) is 1.20. The summed E-state index contributed by atoms with van der Waals surface area (Å²) in [5, 5.41) is 4.70. The summed E-state index contributed by atoms with van der Waals surface area (Å²) in [7, 11) is 2.01. The first kappa shape index (κ1) is 8.98. The van der Waals surface area contributed by atoms with Crippen LogP contribution in [-0.4, -0.2) is 11.6 Å². The van der Waals surface area contributed by atoms with Gasteiger partial charge in [-0.25, -0.2) is 0 Å². The maximum Gasteiger partial charge on any atom is 0.0519 e. The van der Waals surface area contributed by atoms with Gasteiger partial charge in [-0.1, -0.05) is 18.2 Å². The molecule has 3 rings (SSSR count). The molecule has 1 aliphatic rings. The van der Waals surface area contributed by atoms with E-state index in [4.69, 9.17) is 0 Å². The quantitative estimate of drug-likeness (QED) is 0.786. The molecule has 0 aliphatic carbocycles. The minimum absolute atomic E-state index is 0.972. The number of hydrogen-bond acceptors (Lipinski definition) is 1. The number of rotatable bonds is 2. The first-order valence-corrected chi connectivity index (χ1v) is 5.57. The lowest BCUT2D eigenvalue weighted by atomic mass is 10.1. The molecule has 1 N–H and O–H groups in total. The SMILES string of the molecule is CNCc1c(C)c2cccc3c2n1CC3. The highest BCUT2D eigenvalue weighted by molar-refractivity contribution is 5.89. The van der Waals surface area contributed by atoms with Gasteiger partial charge < -0.3 is 9.88 Å². The van der Waals surface area contributed by atoms with Gasteiger partial charge in [0.1, 0.15) is 0 Å². The Hall–Kier alpha value is -1.28. The summed E-state index contributed by atoms with van der Waals surface area (Å²) >= 11 is 0. The molecule has 0 saturated heterocycles. The zero-order chi connectivity index (χ0) is 10.4. The second kappa shape index (κ2) is 3.11. The van der Waals surface area contributed by atoms with Crippen molar-refractivity contribution in [2.24, 2.45) is 0 Å². The standard InChI is InChI=1S/C13H16N2/c1-9-11-5-3-4-10-6-7-15(13(10)11)12(9)8-14-2/h3-5,14H,6-8H2,1-2H3. The molecule has 0 saturated carbocycles. The Morgan fingerprint density at radius 2 is 2.27 bits per heavy atom. The maximum atomic E-state index is 3.26. The fraction of sp³-hybridized carbons (Fsp3) is 0.385. The van der Waals surface area contributed by atoms with Gasteiger partial charge in [-0.15, -0.1) is 0 Å². The molecular formula is C13H16N2. The van der Waals surface area contributed by atoms with Gasteiger partial charge in [0.15, 0.2) is 0 Å². The minimum atomic E-state index is 0.972. The summed E-state index contributed by atoms with van der Waals surface area (Å²) in [5.41, 5.74) is 5.89. The van der Waals surface area contributed by atoms with E-state index in [1.165, 1.54) is 34.1 Å². The summed E-state index contributed by atoms with van der Waals surface area (Å²) in [4.78, 5) is 0. The molecule has 2 aromatic rings. The summed E-state index contributed by atoms with van der Waals surface area (Å²) in [6, 6.07) is 6.69. The van der Waals surface area contributed by atoms with Gasteiger partial charge in [0.05, 0.1) is 5.52 Å². The van der Waals surface area contributed by atoms with Crippen LogP contribution in [0.5, 0.6) is 0 Å². The number of nitrogens with one attached hydrogen (secondary N) is 1. The molecule has 2 heterocycles. The molecule has 78 valence electrons. The lowest BCUT2D eigenvalue weighted by molar-refractivity contribution is 0.679. The van der Waals surface area contributed by atoms with Gasteiger partial charge in [-0.3, -0.25) is 0 Å². The fourth-order valence-corrected chi connectivity index (χ4v) is 2.78. The fourth-order valence-electron chi connectivity index (χ4n) is 2.78. The first-order chi connectivity index (χ1) is 7.33. The number of aromatic nitrogens is 1. The van der Waals surface area contributed by atoms with Crippen molar-refractivity contribution in [1.29, 1.82) is 0 Å². The van der Waals surface area contributed by atoms with Gasteiger partial charge in [0.2, 0.25) is 0 Å². The molecule has 1 aliphatic heterocycles. The van der Waals surface area contributed by atoms with E-state index in [9.17, 15) is 0 Å². The van der Waals surface area contributed by atoms with Crippen LogP contribution < -0.4 is 5.32 Å². The van der Waals surface area contributed by atoms with E-state index in [1.54, 1.807) is 0 Å². The van der Waals surface area contributed by atoms with Crippen LogP contribution in [-0.2, 0) is 19.5 Å². The Morgan fingerprint density at radius 1 is 1.40 bits per heavy atom. The Kier molecular flexibility index (Phi) is 1.86. The minimum Gasteiger partial charge on any atom is -0.343 e. The van der Waals surface area contributed by atoms with Crippen molar-refractivity contribution in [1.82, 2.24) is 9.88 Å². The molecule has 2 nitrogen and oxygen atoms in total. The van der Waals surface area contributed by atoms with E-state index in [-0.39, 0.29) is 0 Å². The number of nitrogens with zero attached hydrogens (tertiary/aromatic N) is 1. The van der Waals surface area contributed by atoms with Crippen molar-refractivity contribution < 1.29 is 0 Å². The van der Waals surface area contributed by atoms with Crippen LogP contribution in [0.2, 0.25) is 0 Å². The van der Waals surface area contributed by atoms with Crippen molar-refractivity contribution in [2.45, 2.75) is 26.4 Å². The number of aryl methyl sites for hydroxylation is 3. The van der Waals surface area contributed by atoms with Gasteiger partial charge in [0.25, 0.3) is 0 Å². The highest BCUT2D eigenvalue weighted by atomic mass is 15.0. The van der Waals surface area contributed by atoms with E-state index in [0.717, 1.165) is 13.1 Å². The van der Waals surface area contributed by atoms with Crippen molar-refractivity contribution in [3.8, 4) is 0 Å². The molecule has 1 aromatic heterocycles. The molecule has 0 spiro atoms. The van der Waals surface area contributed by atoms with Crippen LogP contribution in [0.3, 0.4) is 0 Å². The zero-order valence-corrected chi connectivity index (χ0v) is 9.30. The molecule has 0 bridgehead atoms. The van der Waals surface area contributed by atoms with Crippen LogP contribution in [0.25, 0.3) is 10.9 Å². The Labute approximate surface area is 89.9 Å². The van der Waals surface area contributed by atoms with Gasteiger partial charge >= 0.3 is 0 Å². The second-order valence-corrected chi connectivity index (χ2v) is 4.32. The predicted octanol–water partition coefficient (Wildman–Crippen LogP) is 2.23. The zero-order valence-electron chi connectivity index (χ0n) is 9.30. The lowest BCUT2D eigenvalue weighted by Gasteiger charge is -2.05. The van der Waals surface area contributed by atoms with Crippen LogP contribution in [0.4, 0.5) is 0 Å². The smallest absolute Gasteiger partial charge is 0.0519 e. The molecular weight excluding hydrogens is 184 g/mol. The predicted molar refractivity (Wildman–Crippen MR) is 63.1 cm³/mol. The molecule has 0 atom stereocenters. The van der Waals surface area contributed by atoms with Crippen LogP contribution >= 0.6 is 0 Å². The Morgan fingerprint density at radius 3 is 3.07 bits per heavy atom. The monoisotopic (exact) mass is 200 g/mol. The van der Waals surface area contributed by atoms with E-state index in [1.807, 2.05) is 7.05 Å². The van der Waals surface area contributed by atoms with Crippen molar-refractivity contribution in [2.75, 3.05) is 7.05 Å². The molecule has 1 aromatic carbocycles. The molecule has 2 heteroatoms. The average Bonchev–Trinajstić information content (AvgIpc) is 2.78. The molecule has 15 heavy (non-hydrogen) atoms. The molecule has 0 fully saturated rings. The lowest BCUT2D eigenvalue weighted by Crippen LogP contribution is -2.11. The third-order valence-corrected chi connectivity index (χ3v) is 3.50. The third-order valence-electron chi connectivity index (χ3n) is 3.50. The maximum absolute atomic E-state index is 3.26. The third kappa shape index (κ3) is 1.08. The highest BCUT2D eigenvalue weighted by Crippen LogP contribution is 2.32. The number of hydrogen-bond donors (Lipinski definition) is 1. The largest absolute Gasteiger partial charge is 0.343 e. The van der Waals surface area contributed by atoms with Crippen molar-refractivity contribution in [3.63, 3.8) is 0 Å². The van der Waals surface area contributed by atoms with Gasteiger partial charge in [-0.2, -0.15) is 0 Å². The second-order valence-electron chi connectivity index (χ2n) is 4.32. The summed E-state index contributed by atoms with van der Waals surface area (Å²) < 4.78 is 2.48. The Bertz CT molecular complexity index is 523. The average molecular weight is 200 g/mol. The number of benzene rings is 1. The van der Waals surface area contributed by atoms with Crippen LogP contribution in [0.15, 0.2) is 18.2 Å². The molecule has 0 amide bonds. The van der Waals surface area contributed by atoms with E-state index in [2.05, 4.69) is 35.0 Å². The van der Waals surface area contributed by atoms with Crippen LogP contribution in [0.1, 0.15) is 16.8 Å². The Balaban J connectivity index is 2.37. The van der Waals surface area contributed by atoms with Crippen molar-refractivity contribution >= 4 is 10.9 Å². The first-order valence-electron chi connectivity index (χ1n) is 5.57. The van der Waals surface area contributed by atoms with E-state index < -0.39 is 0 Å². The van der Waals surface area contributed by atoms with E-state index in [0.29, 0.717) is 0 Å².